The van der Waals surface area contributed by atoms with Gasteiger partial charge in [0.2, 0.25) is 5.91 Å². The van der Waals surface area contributed by atoms with Gasteiger partial charge in [-0.05, 0) is 42.6 Å². The second kappa shape index (κ2) is 9.54. The van der Waals surface area contributed by atoms with Gasteiger partial charge in [-0.15, -0.1) is 11.8 Å². The molecule has 32 heavy (non-hydrogen) atoms. The maximum atomic E-state index is 13.4. The number of rotatable bonds is 8. The molecule has 0 spiro atoms. The second-order valence-corrected chi connectivity index (χ2v) is 14.9. The molecule has 3 atom stereocenters. The van der Waals surface area contributed by atoms with E-state index in [9.17, 15) is 14.7 Å². The molecule has 1 saturated heterocycles. The van der Waals surface area contributed by atoms with Crippen LogP contribution in [0.3, 0.4) is 0 Å². The molecule has 0 aromatic heterocycles. The molecule has 0 aliphatic carbocycles. The van der Waals surface area contributed by atoms with Crippen LogP contribution in [0.2, 0.25) is 23.1 Å². The molecule has 0 radical (unpaired) electrons. The van der Waals surface area contributed by atoms with E-state index >= 15 is 0 Å². The van der Waals surface area contributed by atoms with Crippen LogP contribution in [0.1, 0.15) is 39.7 Å². The predicted octanol–water partition coefficient (Wildman–Crippen LogP) is 6.21. The molecule has 2 aliphatic heterocycles. The summed E-state index contributed by atoms with van der Waals surface area (Å²) in [5.74, 6) is -1.09. The zero-order valence-electron chi connectivity index (χ0n) is 19.1. The zero-order valence-corrected chi connectivity index (χ0v) is 23.4. The van der Waals surface area contributed by atoms with Crippen LogP contribution in [0.25, 0.3) is 0 Å². The van der Waals surface area contributed by atoms with E-state index < -0.39 is 20.6 Å². The highest BCUT2D eigenvalue weighted by atomic mass is 35.5. The Labute approximate surface area is 210 Å². The summed E-state index contributed by atoms with van der Waals surface area (Å²) in [6.07, 6.45) is 0.692. The van der Waals surface area contributed by atoms with Gasteiger partial charge >= 0.3 is 5.97 Å². The van der Waals surface area contributed by atoms with E-state index in [0.717, 1.165) is 5.56 Å². The van der Waals surface area contributed by atoms with E-state index in [0.29, 0.717) is 26.5 Å². The highest BCUT2D eigenvalue weighted by molar-refractivity contribution is 8.22. The maximum absolute atomic E-state index is 13.4. The number of amides is 1. The molecule has 0 bridgehead atoms. The van der Waals surface area contributed by atoms with Crippen molar-refractivity contribution in [3.8, 4) is 0 Å². The number of carboxylic acid groups (broad SMARTS) is 1. The first-order valence-corrected chi connectivity index (χ1v) is 16.0. The van der Waals surface area contributed by atoms with Crippen LogP contribution in [0.5, 0.6) is 0 Å². The standard InChI is InChI=1S/C22H29Cl2NO4S2Si/c1-7-22(21(2,3)4,29-32(5)6)15-17(26)25-16(19(27)28)20(31-18(15)25)30-11-12-8-9-13(23)14(24)10-12/h8-10,15,18,32H,7,11H2,1-6H3,(H,27,28)/t15-,18-,22+/m1/s1. The SMILES string of the molecule is CC[C@](O[SiH](C)C)([C@@H]1C(=O)N2C(C(=O)O)=C(SCc3ccc(Cl)c(Cl)c3)S[C@H]12)C(C)(C)C. The summed E-state index contributed by atoms with van der Waals surface area (Å²) in [5.41, 5.74) is 0.107. The number of hydrogen-bond donors (Lipinski definition) is 1. The molecule has 10 heteroatoms. The molecule has 1 aromatic carbocycles. The van der Waals surface area contributed by atoms with Crippen molar-refractivity contribution in [2.45, 2.75) is 63.9 Å². The van der Waals surface area contributed by atoms with Crippen molar-refractivity contribution in [3.05, 3.63) is 43.7 Å². The zero-order chi connectivity index (χ0) is 24.0. The lowest BCUT2D eigenvalue weighted by Gasteiger charge is -2.57. The number of thioether (sulfide) groups is 2. The number of benzene rings is 1. The van der Waals surface area contributed by atoms with Crippen LogP contribution < -0.4 is 0 Å². The van der Waals surface area contributed by atoms with Crippen molar-refractivity contribution in [2.75, 3.05) is 0 Å². The molecular formula is C22H29Cl2NO4S2Si. The molecule has 3 rings (SSSR count). The molecule has 176 valence electrons. The fourth-order valence-corrected chi connectivity index (χ4v) is 9.23. The topological polar surface area (TPSA) is 66.8 Å². The van der Waals surface area contributed by atoms with Gasteiger partial charge in [-0.25, -0.2) is 4.79 Å². The van der Waals surface area contributed by atoms with Gasteiger partial charge in [-0.3, -0.25) is 9.69 Å². The summed E-state index contributed by atoms with van der Waals surface area (Å²) < 4.78 is 7.24. The Kier molecular flexibility index (Phi) is 7.75. The number of carbonyl (C=O) groups excluding carboxylic acids is 1. The van der Waals surface area contributed by atoms with Gasteiger partial charge in [-0.1, -0.05) is 68.7 Å². The molecular weight excluding hydrogens is 505 g/mol. The quantitative estimate of drug-likeness (QED) is 0.316. The molecule has 0 unspecified atom stereocenters. The van der Waals surface area contributed by atoms with E-state index in [-0.39, 0.29) is 28.3 Å². The average molecular weight is 535 g/mol. The number of carboxylic acids is 1. The Balaban J connectivity index is 1.89. The fourth-order valence-electron chi connectivity index (χ4n) is 4.56. The van der Waals surface area contributed by atoms with Crippen molar-refractivity contribution in [1.82, 2.24) is 4.90 Å². The number of β-lactam (4-membered cyclic amide) rings is 1. The van der Waals surface area contributed by atoms with E-state index in [1.54, 1.807) is 12.1 Å². The predicted molar refractivity (Wildman–Crippen MR) is 137 cm³/mol. The van der Waals surface area contributed by atoms with Crippen LogP contribution in [0, 0.1) is 11.3 Å². The Bertz CT molecular complexity index is 966. The number of carbonyl (C=O) groups is 2. The van der Waals surface area contributed by atoms with E-state index in [1.807, 2.05) is 6.07 Å². The highest BCUT2D eigenvalue weighted by Crippen LogP contribution is 2.60. The van der Waals surface area contributed by atoms with Gasteiger partial charge < -0.3 is 9.53 Å². The molecule has 2 heterocycles. The number of fused-ring (bicyclic) bond motifs is 1. The normalized spacial score (nSPS) is 22.8. The molecule has 1 aromatic rings. The third-order valence-electron chi connectivity index (χ3n) is 6.00. The lowest BCUT2D eigenvalue weighted by atomic mass is 9.64. The minimum Gasteiger partial charge on any atom is -0.477 e. The number of aliphatic carboxylic acids is 1. The number of nitrogens with zero attached hydrogens (tertiary/aromatic N) is 1. The van der Waals surface area contributed by atoms with Crippen LogP contribution >= 0.6 is 46.7 Å². The van der Waals surface area contributed by atoms with Crippen LogP contribution in [0.4, 0.5) is 0 Å². The first-order chi connectivity index (χ1) is 14.8. The summed E-state index contributed by atoms with van der Waals surface area (Å²) in [5, 5.41) is 10.6. The molecule has 1 amide bonds. The van der Waals surface area contributed by atoms with Crippen molar-refractivity contribution in [3.63, 3.8) is 0 Å². The molecule has 5 nitrogen and oxygen atoms in total. The minimum atomic E-state index is -1.47. The van der Waals surface area contributed by atoms with E-state index in [4.69, 9.17) is 27.6 Å². The first-order valence-electron chi connectivity index (χ1n) is 10.6. The van der Waals surface area contributed by atoms with Crippen molar-refractivity contribution in [1.29, 1.82) is 0 Å². The van der Waals surface area contributed by atoms with Crippen molar-refractivity contribution < 1.29 is 19.1 Å². The third-order valence-corrected chi connectivity index (χ3v) is 10.3. The minimum absolute atomic E-state index is 0.0759. The summed E-state index contributed by atoms with van der Waals surface area (Å²) in [7, 11) is -1.47. The van der Waals surface area contributed by atoms with Crippen LogP contribution in [-0.4, -0.2) is 41.9 Å². The average Bonchev–Trinajstić information content (AvgIpc) is 3.01. The first kappa shape index (κ1) is 26.0. The second-order valence-electron chi connectivity index (χ2n) is 9.33. The Hall–Kier alpha value is -0.643. The van der Waals surface area contributed by atoms with Gasteiger partial charge in [0.25, 0.3) is 0 Å². The van der Waals surface area contributed by atoms with Crippen molar-refractivity contribution >= 4 is 67.6 Å². The third kappa shape index (κ3) is 4.51. The highest BCUT2D eigenvalue weighted by Gasteiger charge is 2.66. The Morgan fingerprint density at radius 3 is 2.44 bits per heavy atom. The van der Waals surface area contributed by atoms with Gasteiger partial charge in [0.1, 0.15) is 5.37 Å². The summed E-state index contributed by atoms with van der Waals surface area (Å²) in [6.45, 7) is 12.6. The molecule has 0 saturated carbocycles. The lowest BCUT2D eigenvalue weighted by Crippen LogP contribution is -2.70. The monoisotopic (exact) mass is 533 g/mol. The van der Waals surface area contributed by atoms with Crippen molar-refractivity contribution in [2.24, 2.45) is 11.3 Å². The molecule has 2 aliphatic rings. The maximum Gasteiger partial charge on any atom is 0.354 e. The smallest absolute Gasteiger partial charge is 0.354 e. The fraction of sp³-hybridized carbons (Fsp3) is 0.545. The number of halogens is 2. The van der Waals surface area contributed by atoms with E-state index in [2.05, 4.69) is 40.8 Å². The summed E-state index contributed by atoms with van der Waals surface area (Å²) in [6, 6.07) is 5.38. The van der Waals surface area contributed by atoms with Gasteiger partial charge in [-0.2, -0.15) is 0 Å². The molecule has 1 N–H and O–H groups in total. The van der Waals surface area contributed by atoms with Gasteiger partial charge in [0.15, 0.2) is 14.7 Å². The largest absolute Gasteiger partial charge is 0.477 e. The van der Waals surface area contributed by atoms with Crippen LogP contribution in [-0.2, 0) is 19.8 Å². The Morgan fingerprint density at radius 1 is 1.28 bits per heavy atom. The summed E-state index contributed by atoms with van der Waals surface area (Å²) in [4.78, 5) is 27.0. The Morgan fingerprint density at radius 2 is 1.94 bits per heavy atom. The van der Waals surface area contributed by atoms with E-state index in [1.165, 1.54) is 28.4 Å². The van der Waals surface area contributed by atoms with Gasteiger partial charge in [0.05, 0.1) is 25.8 Å². The van der Waals surface area contributed by atoms with Crippen LogP contribution in [0.15, 0.2) is 28.1 Å². The summed E-state index contributed by atoms with van der Waals surface area (Å²) >= 11 is 15.0. The van der Waals surface area contributed by atoms with Gasteiger partial charge in [0, 0.05) is 5.75 Å². The lowest BCUT2D eigenvalue weighted by molar-refractivity contribution is -0.177. The molecule has 1 fully saturated rings. The number of hydrogen-bond acceptors (Lipinski definition) is 5.